The highest BCUT2D eigenvalue weighted by molar-refractivity contribution is 5.87. The number of carbonyl (C=O) groups excluding carboxylic acids is 1. The Balaban J connectivity index is 1.26. The Morgan fingerprint density at radius 1 is 0.889 bits per heavy atom. The molecule has 4 aliphatic rings. The van der Waals surface area contributed by atoms with Crippen molar-refractivity contribution in [3.8, 4) is 5.75 Å². The maximum atomic E-state index is 12.6. The summed E-state index contributed by atoms with van der Waals surface area (Å²) in [5, 5.41) is 81.4. The van der Waals surface area contributed by atoms with Crippen molar-refractivity contribution in [2.24, 2.45) is 11.8 Å². The van der Waals surface area contributed by atoms with Gasteiger partial charge in [0.2, 0.25) is 6.29 Å². The van der Waals surface area contributed by atoms with E-state index < -0.39 is 105 Å². The number of benzene rings is 1. The SMILES string of the molecule is C[C@@H]1O[C@@H](O[C@@H]2C=C(CO)[C@H]3[C@H](O[C@@H]4O[C@H](CO)[C@@H](O)[C@H](O)[C@H]4O)OC=C[C@H]32)[C@H](O)[C@H](OC(=O)C=Cc2ccc(O)cc2)[C@H]1O. The molecule has 1 aliphatic carbocycles. The van der Waals surface area contributed by atoms with Crippen molar-refractivity contribution in [3.63, 3.8) is 0 Å². The van der Waals surface area contributed by atoms with Crippen LogP contribution in [0, 0.1) is 11.8 Å². The first-order valence-electron chi connectivity index (χ1n) is 14.5. The third-order valence-corrected chi connectivity index (χ3v) is 8.34. The van der Waals surface area contributed by atoms with Gasteiger partial charge in [0.25, 0.3) is 0 Å². The van der Waals surface area contributed by atoms with E-state index >= 15 is 0 Å². The van der Waals surface area contributed by atoms with E-state index in [-0.39, 0.29) is 5.75 Å². The summed E-state index contributed by atoms with van der Waals surface area (Å²) in [6.07, 6.45) is -9.23. The van der Waals surface area contributed by atoms with Crippen molar-refractivity contribution < 1.29 is 74.1 Å². The summed E-state index contributed by atoms with van der Waals surface area (Å²) in [5.74, 6) is -2.03. The minimum Gasteiger partial charge on any atom is -0.508 e. The molecule has 5 rings (SSSR count). The molecular weight excluding hydrogens is 600 g/mol. The fourth-order valence-electron chi connectivity index (χ4n) is 5.81. The number of hydrogen-bond donors (Lipinski definition) is 8. The normalized spacial score (nSPS) is 41.4. The van der Waals surface area contributed by atoms with Gasteiger partial charge < -0.3 is 69.3 Å². The molecule has 15 heteroatoms. The van der Waals surface area contributed by atoms with Gasteiger partial charge in [-0.2, -0.15) is 0 Å². The Morgan fingerprint density at radius 3 is 2.29 bits per heavy atom. The Labute approximate surface area is 257 Å². The van der Waals surface area contributed by atoms with E-state index in [4.69, 9.17) is 28.4 Å². The van der Waals surface area contributed by atoms with Gasteiger partial charge in [-0.15, -0.1) is 0 Å². The molecule has 14 atom stereocenters. The first-order valence-corrected chi connectivity index (χ1v) is 14.5. The highest BCUT2D eigenvalue weighted by Crippen LogP contribution is 2.43. The largest absolute Gasteiger partial charge is 0.508 e. The quantitative estimate of drug-likeness (QED) is 0.0832. The highest BCUT2D eigenvalue weighted by atomic mass is 16.8. The Hall–Kier alpha value is -2.93. The second-order valence-corrected chi connectivity index (χ2v) is 11.3. The van der Waals surface area contributed by atoms with Gasteiger partial charge in [0.15, 0.2) is 18.7 Å². The maximum Gasteiger partial charge on any atom is 0.331 e. The van der Waals surface area contributed by atoms with Crippen LogP contribution in [0.1, 0.15) is 12.5 Å². The number of rotatable bonds is 9. The van der Waals surface area contributed by atoms with Crippen LogP contribution in [0.4, 0.5) is 0 Å². The molecule has 3 aliphatic heterocycles. The molecule has 1 aromatic rings. The summed E-state index contributed by atoms with van der Waals surface area (Å²) in [6.45, 7) is 0.427. The fraction of sp³-hybridized carbons (Fsp3) is 0.567. The third kappa shape index (κ3) is 7.08. The molecule has 0 spiro atoms. The molecule has 2 fully saturated rings. The number of aliphatic hydroxyl groups is 7. The summed E-state index contributed by atoms with van der Waals surface area (Å²) in [6, 6.07) is 6.05. The van der Waals surface area contributed by atoms with E-state index in [0.717, 1.165) is 6.08 Å². The molecule has 0 amide bonds. The molecule has 0 saturated carbocycles. The van der Waals surface area contributed by atoms with Gasteiger partial charge in [-0.1, -0.05) is 18.2 Å². The molecule has 0 aromatic heterocycles. The molecular formula is C30H38O15. The second-order valence-electron chi connectivity index (χ2n) is 11.3. The number of aliphatic hydroxyl groups excluding tert-OH is 7. The van der Waals surface area contributed by atoms with Crippen molar-refractivity contribution in [2.75, 3.05) is 13.2 Å². The van der Waals surface area contributed by atoms with Crippen LogP contribution in [0.3, 0.4) is 0 Å². The molecule has 8 N–H and O–H groups in total. The van der Waals surface area contributed by atoms with Crippen LogP contribution >= 0.6 is 0 Å². The first kappa shape index (κ1) is 33.4. The van der Waals surface area contributed by atoms with E-state index in [1.54, 1.807) is 24.3 Å². The summed E-state index contributed by atoms with van der Waals surface area (Å²) in [7, 11) is 0. The first-order chi connectivity index (χ1) is 21.5. The molecule has 0 radical (unpaired) electrons. The molecule has 0 unspecified atom stereocenters. The molecule has 248 valence electrons. The van der Waals surface area contributed by atoms with E-state index in [1.807, 2.05) is 0 Å². The predicted molar refractivity (Wildman–Crippen MR) is 149 cm³/mol. The molecule has 1 aromatic carbocycles. The topological polar surface area (TPSA) is 234 Å². The number of hydrogen-bond acceptors (Lipinski definition) is 15. The van der Waals surface area contributed by atoms with Crippen LogP contribution in [0.15, 0.2) is 54.3 Å². The van der Waals surface area contributed by atoms with Crippen LogP contribution in [-0.2, 0) is 33.2 Å². The number of ether oxygens (including phenoxy) is 6. The van der Waals surface area contributed by atoms with Crippen LogP contribution in [0.5, 0.6) is 5.75 Å². The lowest BCUT2D eigenvalue weighted by atomic mass is 9.88. The van der Waals surface area contributed by atoms with Gasteiger partial charge in [0, 0.05) is 12.0 Å². The number of aromatic hydroxyl groups is 1. The van der Waals surface area contributed by atoms with Crippen LogP contribution in [0.2, 0.25) is 0 Å². The monoisotopic (exact) mass is 638 g/mol. The zero-order valence-electron chi connectivity index (χ0n) is 24.1. The zero-order chi connectivity index (χ0) is 32.4. The summed E-state index contributed by atoms with van der Waals surface area (Å²) < 4.78 is 34.1. The number of phenols is 1. The van der Waals surface area contributed by atoms with Crippen molar-refractivity contribution in [3.05, 3.63) is 59.9 Å². The van der Waals surface area contributed by atoms with E-state index in [9.17, 15) is 45.6 Å². The maximum absolute atomic E-state index is 12.6. The lowest BCUT2D eigenvalue weighted by Gasteiger charge is -2.43. The lowest BCUT2D eigenvalue weighted by molar-refractivity contribution is -0.341. The predicted octanol–water partition coefficient (Wildman–Crippen LogP) is -1.98. The minimum absolute atomic E-state index is 0.0610. The highest BCUT2D eigenvalue weighted by Gasteiger charge is 2.52. The van der Waals surface area contributed by atoms with Crippen molar-refractivity contribution in [1.29, 1.82) is 0 Å². The van der Waals surface area contributed by atoms with Gasteiger partial charge in [-0.25, -0.2) is 4.79 Å². The van der Waals surface area contributed by atoms with Crippen LogP contribution in [-0.4, -0.2) is 134 Å². The number of carbonyl (C=O) groups is 1. The fourth-order valence-corrected chi connectivity index (χ4v) is 5.81. The van der Waals surface area contributed by atoms with Gasteiger partial charge >= 0.3 is 5.97 Å². The molecule has 45 heavy (non-hydrogen) atoms. The van der Waals surface area contributed by atoms with Crippen LogP contribution in [0.25, 0.3) is 6.08 Å². The molecule has 3 heterocycles. The average molecular weight is 639 g/mol. The average Bonchev–Trinajstić information content (AvgIpc) is 3.40. The molecule has 15 nitrogen and oxygen atoms in total. The Kier molecular flexibility index (Phi) is 10.6. The van der Waals surface area contributed by atoms with Crippen molar-refractivity contribution in [2.45, 2.75) is 80.7 Å². The Bertz CT molecular complexity index is 1250. The summed E-state index contributed by atoms with van der Waals surface area (Å²) >= 11 is 0. The minimum atomic E-state index is -1.68. The van der Waals surface area contributed by atoms with Gasteiger partial charge in [0.05, 0.1) is 37.6 Å². The number of phenolic OH excluding ortho intramolecular Hbond substituents is 1. The van der Waals surface area contributed by atoms with Crippen molar-refractivity contribution >= 4 is 12.0 Å². The lowest BCUT2D eigenvalue weighted by Crippen LogP contribution is -2.60. The van der Waals surface area contributed by atoms with Gasteiger partial charge in [-0.3, -0.25) is 0 Å². The third-order valence-electron chi connectivity index (χ3n) is 8.34. The standard InChI is InChI=1S/C30H38O15/c1-13-22(35)27(44-20(34)7-4-14-2-5-16(33)6-3-14)26(39)30(41-13)42-18-10-15(11-31)21-17(18)8-9-40-28(21)45-29-25(38)24(37)23(36)19(12-32)43-29/h2-10,13,17-19,21-33,35-39H,11-12H2,1H3/t13-,17-,18+,19+,21+,22-,23+,24-,25+,26+,27+,28-,29-,30-/m0/s1. The van der Waals surface area contributed by atoms with E-state index in [1.165, 1.54) is 31.4 Å². The number of fused-ring (bicyclic) bond motifs is 1. The van der Waals surface area contributed by atoms with Gasteiger partial charge in [0.1, 0.15) is 42.4 Å². The molecule has 2 saturated heterocycles. The van der Waals surface area contributed by atoms with Gasteiger partial charge in [-0.05, 0) is 42.3 Å². The zero-order valence-corrected chi connectivity index (χ0v) is 24.1. The van der Waals surface area contributed by atoms with E-state index in [0.29, 0.717) is 11.1 Å². The second kappa shape index (κ2) is 14.2. The molecule has 0 bridgehead atoms. The number of esters is 1. The summed E-state index contributed by atoms with van der Waals surface area (Å²) in [5.41, 5.74) is 1.03. The van der Waals surface area contributed by atoms with E-state index in [2.05, 4.69) is 0 Å². The summed E-state index contributed by atoms with van der Waals surface area (Å²) in [4.78, 5) is 12.6. The smallest absolute Gasteiger partial charge is 0.331 e. The van der Waals surface area contributed by atoms with Crippen molar-refractivity contribution in [1.82, 2.24) is 0 Å². The Morgan fingerprint density at radius 2 is 1.60 bits per heavy atom. The van der Waals surface area contributed by atoms with Crippen LogP contribution < -0.4 is 0 Å².